The first-order valence-corrected chi connectivity index (χ1v) is 11.4. The number of fused-ring (bicyclic) bond motifs is 1. The summed E-state index contributed by atoms with van der Waals surface area (Å²) in [6.07, 6.45) is 0. The Kier molecular flexibility index (Phi) is 7.26. The van der Waals surface area contributed by atoms with Gasteiger partial charge in [0.2, 0.25) is 0 Å². The number of nitrogens with one attached hydrogen (secondary N) is 1. The Morgan fingerprint density at radius 2 is 2.16 bits per heavy atom. The monoisotopic (exact) mass is 503 g/mol. The van der Waals surface area contributed by atoms with E-state index < -0.39 is 35.2 Å². The van der Waals surface area contributed by atoms with E-state index in [0.29, 0.717) is 0 Å². The van der Waals surface area contributed by atoms with Gasteiger partial charge in [0.1, 0.15) is 40.4 Å². The van der Waals surface area contributed by atoms with Crippen LogP contribution in [0.2, 0.25) is 4.34 Å². The molecule has 0 bridgehead atoms. The fourth-order valence-electron chi connectivity index (χ4n) is 2.98. The van der Waals surface area contributed by atoms with Crippen LogP contribution in [0.25, 0.3) is 0 Å². The second-order valence-corrected chi connectivity index (χ2v) is 9.17. The molecule has 0 aliphatic carbocycles. The van der Waals surface area contributed by atoms with Crippen molar-refractivity contribution in [2.24, 2.45) is 5.16 Å². The molecule has 1 fully saturated rings. The average molecular weight is 504 g/mol. The molecule has 0 unspecified atom stereocenters. The third-order valence-electron chi connectivity index (χ3n) is 4.31. The predicted octanol–water partition coefficient (Wildman–Crippen LogP) is 0.421. The number of carbonyl (C=O) groups excluding carboxylic acids is 3. The minimum Gasteiger partial charge on any atom is -0.477 e. The molecule has 0 radical (unpaired) electrons. The highest BCUT2D eigenvalue weighted by Crippen LogP contribution is 2.40. The van der Waals surface area contributed by atoms with Crippen LogP contribution in [0.3, 0.4) is 0 Å². The van der Waals surface area contributed by atoms with Crippen molar-refractivity contribution in [1.82, 2.24) is 15.2 Å². The van der Waals surface area contributed by atoms with Gasteiger partial charge in [-0.25, -0.2) is 9.78 Å². The molecule has 1 aromatic rings. The molecule has 12 nitrogen and oxygen atoms in total. The molecule has 4 N–H and O–H groups in total. The summed E-state index contributed by atoms with van der Waals surface area (Å²) < 4.78 is 5.01. The van der Waals surface area contributed by atoms with Gasteiger partial charge in [-0.15, -0.1) is 11.8 Å². The molecule has 172 valence electrons. The van der Waals surface area contributed by atoms with E-state index in [9.17, 15) is 24.3 Å². The van der Waals surface area contributed by atoms with E-state index in [-0.39, 0.29) is 51.1 Å². The minimum absolute atomic E-state index is 0.00910. The van der Waals surface area contributed by atoms with Gasteiger partial charge < -0.3 is 25.7 Å². The molecule has 0 spiro atoms. The number of aliphatic carboxylic acids is 1. The number of oxime groups is 1. The van der Waals surface area contributed by atoms with Crippen LogP contribution in [0.1, 0.15) is 19.5 Å². The zero-order valence-corrected chi connectivity index (χ0v) is 19.2. The Morgan fingerprint density at radius 1 is 1.44 bits per heavy atom. The fourth-order valence-corrected chi connectivity index (χ4v) is 5.23. The number of amides is 2. The molecule has 2 amide bonds. The maximum atomic E-state index is 12.9. The number of thiazole rings is 1. The zero-order chi connectivity index (χ0) is 23.6. The van der Waals surface area contributed by atoms with E-state index >= 15 is 0 Å². The van der Waals surface area contributed by atoms with Gasteiger partial charge in [-0.1, -0.05) is 28.1 Å². The molecule has 2 aliphatic rings. The van der Waals surface area contributed by atoms with E-state index in [1.807, 2.05) is 0 Å². The third-order valence-corrected chi connectivity index (χ3v) is 6.74. The topological polar surface area (TPSA) is 174 Å². The minimum atomic E-state index is -1.33. The predicted molar refractivity (Wildman–Crippen MR) is 116 cm³/mol. The van der Waals surface area contributed by atoms with Gasteiger partial charge in [0.05, 0.1) is 0 Å². The van der Waals surface area contributed by atoms with Crippen molar-refractivity contribution in [2.75, 3.05) is 24.7 Å². The van der Waals surface area contributed by atoms with Crippen molar-refractivity contribution in [3.63, 3.8) is 0 Å². The largest absolute Gasteiger partial charge is 0.477 e. The van der Waals surface area contributed by atoms with Crippen molar-refractivity contribution >= 4 is 69.3 Å². The van der Waals surface area contributed by atoms with Gasteiger partial charge in [-0.05, 0) is 6.92 Å². The van der Waals surface area contributed by atoms with Crippen molar-refractivity contribution < 1.29 is 33.9 Å². The summed E-state index contributed by atoms with van der Waals surface area (Å²) in [6.45, 7) is 2.78. The lowest BCUT2D eigenvalue weighted by Crippen LogP contribution is -2.71. The summed E-state index contributed by atoms with van der Waals surface area (Å²) in [5.74, 6) is -3.12. The van der Waals surface area contributed by atoms with Crippen LogP contribution in [0.4, 0.5) is 5.13 Å². The van der Waals surface area contributed by atoms with E-state index in [2.05, 4.69) is 15.5 Å². The van der Waals surface area contributed by atoms with Crippen LogP contribution < -0.4 is 11.1 Å². The number of carboxylic acid groups (broad SMARTS) is 1. The van der Waals surface area contributed by atoms with Crippen molar-refractivity contribution in [1.29, 1.82) is 0 Å². The Labute approximate surface area is 194 Å². The smallest absolute Gasteiger partial charge is 0.352 e. The van der Waals surface area contributed by atoms with Gasteiger partial charge in [0.25, 0.3) is 11.8 Å². The van der Waals surface area contributed by atoms with Gasteiger partial charge >= 0.3 is 11.9 Å². The number of aromatic nitrogens is 1. The normalized spacial score (nSPS) is 20.4. The molecule has 0 saturated carbocycles. The number of hydrogen-bond acceptors (Lipinski definition) is 11. The first-order chi connectivity index (χ1) is 15.1. The number of anilines is 1. The van der Waals surface area contributed by atoms with Crippen molar-refractivity contribution in [2.45, 2.75) is 25.3 Å². The number of nitrogen functional groups attached to an aromatic ring is 1. The Bertz CT molecular complexity index is 1040. The zero-order valence-electron chi connectivity index (χ0n) is 16.8. The molecule has 15 heteroatoms. The van der Waals surface area contributed by atoms with Crippen LogP contribution in [-0.2, 0) is 28.8 Å². The number of halogens is 1. The van der Waals surface area contributed by atoms with Gasteiger partial charge in [0, 0.05) is 18.2 Å². The van der Waals surface area contributed by atoms with Crippen LogP contribution >= 0.6 is 34.7 Å². The average Bonchev–Trinajstić information content (AvgIpc) is 3.07. The molecule has 1 saturated heterocycles. The highest BCUT2D eigenvalue weighted by Gasteiger charge is 2.54. The molecule has 1 aromatic heterocycles. The lowest BCUT2D eigenvalue weighted by Gasteiger charge is -2.49. The number of nitrogens with zero attached hydrogens (tertiary/aromatic N) is 3. The second kappa shape index (κ2) is 9.75. The maximum Gasteiger partial charge on any atom is 0.352 e. The Morgan fingerprint density at radius 3 is 2.72 bits per heavy atom. The number of thioether (sulfide) groups is 1. The molecule has 3 rings (SSSR count). The van der Waals surface area contributed by atoms with E-state index in [0.717, 1.165) is 16.2 Å². The lowest BCUT2D eigenvalue weighted by molar-refractivity contribution is -0.150. The van der Waals surface area contributed by atoms with Crippen LogP contribution in [0.15, 0.2) is 16.4 Å². The Balaban J connectivity index is 1.80. The van der Waals surface area contributed by atoms with E-state index in [4.69, 9.17) is 26.9 Å². The van der Waals surface area contributed by atoms with Crippen LogP contribution in [0, 0.1) is 0 Å². The standard InChI is InChI=1S/C17H18ClN5O7S2/c1-3-30-22-9(8-12(18)32-17(19)21-8)13(25)20-10-14(26)23-11(16(27)28)7(4-29-6(2)24)5-31-15(10)23/h10,15H,3-5H2,1-2H3,(H2,19,21)(H,20,25)(H,27,28)/t10-,15-/m1/s1. The van der Waals surface area contributed by atoms with Crippen molar-refractivity contribution in [3.8, 4) is 0 Å². The lowest BCUT2D eigenvalue weighted by atomic mass is 10.0. The highest BCUT2D eigenvalue weighted by molar-refractivity contribution is 8.00. The summed E-state index contributed by atoms with van der Waals surface area (Å²) in [4.78, 5) is 58.5. The SMILES string of the molecule is CCON=C(C(=O)N[C@@H]1C(=O)N2C(C(=O)O)=C(COC(C)=O)CS[C@H]12)c1nc(N)sc1Cl. The summed E-state index contributed by atoms with van der Waals surface area (Å²) in [6, 6.07) is -1.02. The number of rotatable bonds is 8. The molecule has 3 heterocycles. The first-order valence-electron chi connectivity index (χ1n) is 9.12. The molecular weight excluding hydrogens is 486 g/mol. The number of carboxylic acids is 1. The number of nitrogens with two attached hydrogens (primary N) is 1. The number of hydrogen-bond donors (Lipinski definition) is 3. The van der Waals surface area contributed by atoms with E-state index in [1.54, 1.807) is 6.92 Å². The summed E-state index contributed by atoms with van der Waals surface area (Å²) in [5.41, 5.74) is 5.41. The fraction of sp³-hybridized carbons (Fsp3) is 0.412. The number of β-lactam (4-membered cyclic amide) rings is 1. The molecule has 2 aliphatic heterocycles. The molecule has 32 heavy (non-hydrogen) atoms. The first kappa shape index (κ1) is 23.8. The number of ether oxygens (including phenoxy) is 1. The highest BCUT2D eigenvalue weighted by atomic mass is 35.5. The van der Waals surface area contributed by atoms with Crippen LogP contribution in [-0.4, -0.2) is 74.8 Å². The van der Waals surface area contributed by atoms with Crippen molar-refractivity contribution in [3.05, 3.63) is 21.3 Å². The summed E-state index contributed by atoms with van der Waals surface area (Å²) in [7, 11) is 0. The second-order valence-electron chi connectivity index (χ2n) is 6.43. The summed E-state index contributed by atoms with van der Waals surface area (Å²) >= 11 is 8.25. The van der Waals surface area contributed by atoms with Gasteiger partial charge in [-0.3, -0.25) is 19.3 Å². The van der Waals surface area contributed by atoms with Gasteiger partial charge in [-0.2, -0.15) is 0 Å². The third kappa shape index (κ3) is 4.66. The quantitative estimate of drug-likeness (QED) is 0.195. The van der Waals surface area contributed by atoms with E-state index in [1.165, 1.54) is 18.7 Å². The summed E-state index contributed by atoms with van der Waals surface area (Å²) in [5, 5.41) is 15.3. The molecular formula is C17H18ClN5O7S2. The maximum absolute atomic E-state index is 12.9. The van der Waals surface area contributed by atoms with Crippen LogP contribution in [0.5, 0.6) is 0 Å². The number of carbonyl (C=O) groups is 4. The molecule has 2 atom stereocenters. The Hall–Kier alpha value is -2.84. The number of esters is 1. The van der Waals surface area contributed by atoms with Gasteiger partial charge in [0.15, 0.2) is 10.8 Å². The molecule has 0 aromatic carbocycles.